The van der Waals surface area contributed by atoms with Crippen molar-refractivity contribution in [1.82, 2.24) is 0 Å². The van der Waals surface area contributed by atoms with Crippen molar-refractivity contribution in [3.8, 4) is 0 Å². The lowest BCUT2D eigenvalue weighted by Crippen LogP contribution is -2.46. The highest BCUT2D eigenvalue weighted by atomic mass is 28.4. The Morgan fingerprint density at radius 2 is 1.81 bits per heavy atom. The first-order valence-corrected chi connectivity index (χ1v) is 10.8. The van der Waals surface area contributed by atoms with Crippen LogP contribution in [0.1, 0.15) is 48.0 Å². The van der Waals surface area contributed by atoms with Crippen LogP contribution in [0, 0.1) is 11.8 Å². The van der Waals surface area contributed by atoms with Gasteiger partial charge < -0.3 is 9.16 Å². The maximum Gasteiger partial charge on any atom is 0.309 e. The molecule has 0 saturated heterocycles. The van der Waals surface area contributed by atoms with Crippen molar-refractivity contribution in [2.75, 3.05) is 6.61 Å². The van der Waals surface area contributed by atoms with Gasteiger partial charge in [0, 0.05) is 6.10 Å². The van der Waals surface area contributed by atoms with Gasteiger partial charge in [-0.3, -0.25) is 4.79 Å². The molecule has 0 bridgehead atoms. The number of hydrogen-bond donors (Lipinski definition) is 0. The Balaban J connectivity index is 4.97. The largest absolute Gasteiger partial charge is 0.466 e. The molecule has 0 N–H and O–H groups in total. The first-order valence-electron chi connectivity index (χ1n) is 7.93. The summed E-state index contributed by atoms with van der Waals surface area (Å²) < 4.78 is 11.6. The molecule has 21 heavy (non-hydrogen) atoms. The van der Waals surface area contributed by atoms with E-state index in [-0.39, 0.29) is 28.9 Å². The van der Waals surface area contributed by atoms with Crippen molar-refractivity contribution in [3.63, 3.8) is 0 Å². The quantitative estimate of drug-likeness (QED) is 0.367. The SMILES string of the molecule is C=CC[C@@H](C(=O)OCC)[C@@H](C)[C@H](C)O[Si](C)(C)C(C)(C)C. The highest BCUT2D eigenvalue weighted by Gasteiger charge is 2.40. The van der Waals surface area contributed by atoms with Gasteiger partial charge in [-0.05, 0) is 44.3 Å². The van der Waals surface area contributed by atoms with E-state index in [1.165, 1.54) is 0 Å². The van der Waals surface area contributed by atoms with Crippen molar-refractivity contribution in [1.29, 1.82) is 0 Å². The molecule has 3 nitrogen and oxygen atoms in total. The van der Waals surface area contributed by atoms with Gasteiger partial charge in [0.05, 0.1) is 12.5 Å². The lowest BCUT2D eigenvalue weighted by atomic mass is 9.87. The lowest BCUT2D eigenvalue weighted by Gasteiger charge is -2.40. The zero-order chi connectivity index (χ0) is 16.8. The molecule has 0 aliphatic rings. The third-order valence-electron chi connectivity index (χ3n) is 4.67. The summed E-state index contributed by atoms with van der Waals surface area (Å²) in [4.78, 5) is 12.1. The van der Waals surface area contributed by atoms with Crippen LogP contribution in [0.3, 0.4) is 0 Å². The average Bonchev–Trinajstić information content (AvgIpc) is 2.33. The molecule has 0 aromatic heterocycles. The van der Waals surface area contributed by atoms with Gasteiger partial charge in [-0.1, -0.05) is 33.8 Å². The molecule has 0 aliphatic heterocycles. The van der Waals surface area contributed by atoms with E-state index in [1.807, 2.05) is 6.92 Å². The zero-order valence-electron chi connectivity index (χ0n) is 15.2. The standard InChI is InChI=1S/C17H34O3Si/c1-10-12-15(16(18)19-11-2)13(3)14(4)20-21(8,9)17(5,6)7/h10,13-15H,1,11-12H2,2-9H3/t13-,14-,15+/m0/s1. The second kappa shape index (κ2) is 8.13. The minimum absolute atomic E-state index is 0.0280. The van der Waals surface area contributed by atoms with Crippen LogP contribution in [-0.2, 0) is 14.0 Å². The first kappa shape index (κ1) is 20.4. The normalized spacial score (nSPS) is 17.0. The number of allylic oxidation sites excluding steroid dienone is 1. The minimum atomic E-state index is -1.83. The zero-order valence-corrected chi connectivity index (χ0v) is 16.2. The van der Waals surface area contributed by atoms with E-state index in [9.17, 15) is 4.79 Å². The van der Waals surface area contributed by atoms with E-state index < -0.39 is 8.32 Å². The predicted octanol–water partition coefficient (Wildman–Crippen LogP) is 4.79. The highest BCUT2D eigenvalue weighted by Crippen LogP contribution is 2.38. The van der Waals surface area contributed by atoms with Crippen LogP contribution in [0.2, 0.25) is 18.1 Å². The van der Waals surface area contributed by atoms with E-state index in [1.54, 1.807) is 6.08 Å². The number of carbonyl (C=O) groups excluding carboxylic acids is 1. The molecule has 0 aromatic rings. The Bertz CT molecular complexity index is 344. The molecule has 0 saturated carbocycles. The maximum absolute atomic E-state index is 12.1. The van der Waals surface area contributed by atoms with Crippen molar-refractivity contribution >= 4 is 14.3 Å². The summed E-state index contributed by atoms with van der Waals surface area (Å²) in [5, 5.41) is 0.166. The summed E-state index contributed by atoms with van der Waals surface area (Å²) >= 11 is 0. The fraction of sp³-hybridized carbons (Fsp3) is 0.824. The summed E-state index contributed by atoms with van der Waals surface area (Å²) in [6.45, 7) is 21.3. The molecule has 3 atom stereocenters. The van der Waals surface area contributed by atoms with Gasteiger partial charge in [0.1, 0.15) is 0 Å². The molecule has 0 aromatic carbocycles. The van der Waals surface area contributed by atoms with Crippen molar-refractivity contribution in [3.05, 3.63) is 12.7 Å². The second-order valence-corrected chi connectivity index (χ2v) is 12.1. The van der Waals surface area contributed by atoms with Crippen LogP contribution in [-0.4, -0.2) is 27.0 Å². The van der Waals surface area contributed by atoms with Crippen molar-refractivity contribution in [2.45, 2.75) is 72.2 Å². The van der Waals surface area contributed by atoms with Crippen molar-refractivity contribution < 1.29 is 14.0 Å². The van der Waals surface area contributed by atoms with Crippen LogP contribution in [0.5, 0.6) is 0 Å². The smallest absolute Gasteiger partial charge is 0.309 e. The monoisotopic (exact) mass is 314 g/mol. The number of ether oxygens (including phenoxy) is 1. The van der Waals surface area contributed by atoms with E-state index in [0.29, 0.717) is 13.0 Å². The number of esters is 1. The summed E-state index contributed by atoms with van der Waals surface area (Å²) in [7, 11) is -1.83. The first-order chi connectivity index (χ1) is 9.47. The fourth-order valence-corrected chi connectivity index (χ4v) is 3.53. The van der Waals surface area contributed by atoms with Gasteiger partial charge in [-0.15, -0.1) is 6.58 Å². The van der Waals surface area contributed by atoms with Crippen LogP contribution in [0.15, 0.2) is 12.7 Å². The van der Waals surface area contributed by atoms with E-state index in [2.05, 4.69) is 54.3 Å². The topological polar surface area (TPSA) is 35.5 Å². The molecular formula is C17H34O3Si. The number of carbonyl (C=O) groups is 1. The molecule has 4 heteroatoms. The molecule has 0 rings (SSSR count). The van der Waals surface area contributed by atoms with Gasteiger partial charge in [-0.25, -0.2) is 0 Å². The molecule has 0 radical (unpaired) electrons. The van der Waals surface area contributed by atoms with Crippen LogP contribution < -0.4 is 0 Å². The Labute approximate surface area is 132 Å². The molecule has 0 heterocycles. The number of rotatable bonds is 8. The molecule has 124 valence electrons. The Kier molecular flexibility index (Phi) is 7.90. The van der Waals surface area contributed by atoms with E-state index >= 15 is 0 Å². The molecule has 0 unspecified atom stereocenters. The van der Waals surface area contributed by atoms with Gasteiger partial charge in [0.15, 0.2) is 8.32 Å². The summed E-state index contributed by atoms with van der Waals surface area (Å²) in [6, 6.07) is 0. The molecule has 0 fully saturated rings. The number of hydrogen-bond acceptors (Lipinski definition) is 3. The molecular weight excluding hydrogens is 280 g/mol. The predicted molar refractivity (Wildman–Crippen MR) is 91.8 cm³/mol. The van der Waals surface area contributed by atoms with Gasteiger partial charge in [0.25, 0.3) is 0 Å². The fourth-order valence-electron chi connectivity index (χ4n) is 2.03. The Morgan fingerprint density at radius 3 is 2.19 bits per heavy atom. The van der Waals surface area contributed by atoms with Gasteiger partial charge in [-0.2, -0.15) is 0 Å². The summed E-state index contributed by atoms with van der Waals surface area (Å²) in [5.41, 5.74) is 0. The van der Waals surface area contributed by atoms with Crippen LogP contribution in [0.4, 0.5) is 0 Å². The summed E-state index contributed by atoms with van der Waals surface area (Å²) in [5.74, 6) is -0.214. The Morgan fingerprint density at radius 1 is 1.29 bits per heavy atom. The third-order valence-corrected chi connectivity index (χ3v) is 9.25. The third kappa shape index (κ3) is 5.95. The van der Waals surface area contributed by atoms with E-state index in [4.69, 9.17) is 9.16 Å². The van der Waals surface area contributed by atoms with E-state index in [0.717, 1.165) is 0 Å². The van der Waals surface area contributed by atoms with Crippen LogP contribution in [0.25, 0.3) is 0 Å². The van der Waals surface area contributed by atoms with Gasteiger partial charge in [0.2, 0.25) is 0 Å². The molecule has 0 spiro atoms. The van der Waals surface area contributed by atoms with Crippen molar-refractivity contribution in [2.24, 2.45) is 11.8 Å². The lowest BCUT2D eigenvalue weighted by molar-refractivity contribution is -0.151. The second-order valence-electron chi connectivity index (χ2n) is 7.33. The van der Waals surface area contributed by atoms with Crippen LogP contribution >= 0.6 is 0 Å². The highest BCUT2D eigenvalue weighted by molar-refractivity contribution is 6.74. The average molecular weight is 315 g/mol. The minimum Gasteiger partial charge on any atom is -0.466 e. The maximum atomic E-state index is 12.1. The molecule has 0 amide bonds. The Hall–Kier alpha value is -0.613. The summed E-state index contributed by atoms with van der Waals surface area (Å²) in [6.07, 6.45) is 2.45. The van der Waals surface area contributed by atoms with Gasteiger partial charge >= 0.3 is 5.97 Å². The molecule has 0 aliphatic carbocycles.